The van der Waals surface area contributed by atoms with Crippen LogP contribution >= 0.6 is 0 Å². The van der Waals surface area contributed by atoms with Gasteiger partial charge in [-0.15, -0.1) is 0 Å². The Bertz CT molecular complexity index is 264. The van der Waals surface area contributed by atoms with Crippen molar-refractivity contribution in [3.8, 4) is 11.8 Å². The van der Waals surface area contributed by atoms with Crippen LogP contribution in [0.1, 0.15) is 32.6 Å². The number of carboxylic acids is 1. The third-order valence-corrected chi connectivity index (χ3v) is 2.26. The van der Waals surface area contributed by atoms with Gasteiger partial charge in [-0.1, -0.05) is 25.2 Å². The van der Waals surface area contributed by atoms with E-state index >= 15 is 0 Å². The smallest absolute Gasteiger partial charge is 0.354 e. The summed E-state index contributed by atoms with van der Waals surface area (Å²) in [6, 6.07) is 0. The lowest BCUT2D eigenvalue weighted by molar-refractivity contribution is -0.147. The standard InChI is InChI=1S/C10H13FO2/c1-8-4-2-3-6-10(11,7-5-8)9(12)13/h8H,2-4,6H2,1H3,(H,12,13). The fourth-order valence-electron chi connectivity index (χ4n) is 1.35. The Balaban J connectivity index is 2.85. The SMILES string of the molecule is CC1C#CC(F)(C(=O)O)CCCC1. The Kier molecular flexibility index (Phi) is 2.92. The van der Waals surface area contributed by atoms with Crippen LogP contribution in [0.3, 0.4) is 0 Å². The number of hydrogen-bond donors (Lipinski definition) is 1. The molecule has 1 aliphatic rings. The van der Waals surface area contributed by atoms with Gasteiger partial charge in [-0.3, -0.25) is 0 Å². The first-order valence-electron chi connectivity index (χ1n) is 4.49. The highest BCUT2D eigenvalue weighted by Gasteiger charge is 2.36. The Labute approximate surface area is 77.1 Å². The molecule has 1 aliphatic carbocycles. The second-order valence-electron chi connectivity index (χ2n) is 3.52. The van der Waals surface area contributed by atoms with Crippen molar-refractivity contribution in [2.45, 2.75) is 38.3 Å². The van der Waals surface area contributed by atoms with Gasteiger partial charge in [0.05, 0.1) is 0 Å². The van der Waals surface area contributed by atoms with Crippen molar-refractivity contribution < 1.29 is 14.3 Å². The van der Waals surface area contributed by atoms with Gasteiger partial charge in [-0.05, 0) is 12.8 Å². The number of hydrogen-bond acceptors (Lipinski definition) is 1. The van der Waals surface area contributed by atoms with Crippen molar-refractivity contribution in [3.63, 3.8) is 0 Å². The molecule has 13 heavy (non-hydrogen) atoms. The van der Waals surface area contributed by atoms with E-state index in [2.05, 4.69) is 11.8 Å². The van der Waals surface area contributed by atoms with Crippen LogP contribution in [0.5, 0.6) is 0 Å². The van der Waals surface area contributed by atoms with Crippen molar-refractivity contribution in [3.05, 3.63) is 0 Å². The minimum Gasteiger partial charge on any atom is -0.478 e. The lowest BCUT2D eigenvalue weighted by Gasteiger charge is -2.16. The van der Waals surface area contributed by atoms with Gasteiger partial charge in [0.15, 0.2) is 0 Å². The molecule has 2 atom stereocenters. The molecule has 0 saturated heterocycles. The molecule has 0 aromatic rings. The van der Waals surface area contributed by atoms with E-state index in [1.807, 2.05) is 6.92 Å². The van der Waals surface area contributed by atoms with Gasteiger partial charge in [0, 0.05) is 12.3 Å². The summed E-state index contributed by atoms with van der Waals surface area (Å²) in [6.07, 6.45) is 2.40. The van der Waals surface area contributed by atoms with E-state index in [0.717, 1.165) is 12.8 Å². The molecule has 2 unspecified atom stereocenters. The van der Waals surface area contributed by atoms with Crippen LogP contribution in [0.4, 0.5) is 4.39 Å². The van der Waals surface area contributed by atoms with Crippen LogP contribution < -0.4 is 0 Å². The quantitative estimate of drug-likeness (QED) is 0.633. The summed E-state index contributed by atoms with van der Waals surface area (Å²) in [5, 5.41) is 8.62. The van der Waals surface area contributed by atoms with Crippen LogP contribution in [0.2, 0.25) is 0 Å². The molecule has 0 amide bonds. The number of rotatable bonds is 1. The normalized spacial score (nSPS) is 33.8. The van der Waals surface area contributed by atoms with Crippen LogP contribution in [-0.4, -0.2) is 16.7 Å². The summed E-state index contributed by atoms with van der Waals surface area (Å²) in [5.74, 6) is 3.54. The highest BCUT2D eigenvalue weighted by Crippen LogP contribution is 2.23. The first-order valence-corrected chi connectivity index (χ1v) is 4.49. The van der Waals surface area contributed by atoms with E-state index in [9.17, 15) is 9.18 Å². The fraction of sp³-hybridized carbons (Fsp3) is 0.700. The van der Waals surface area contributed by atoms with Crippen LogP contribution in [-0.2, 0) is 4.79 Å². The largest absolute Gasteiger partial charge is 0.478 e. The molecule has 1 N–H and O–H groups in total. The number of halogens is 1. The van der Waals surface area contributed by atoms with Gasteiger partial charge in [0.1, 0.15) is 0 Å². The van der Waals surface area contributed by atoms with Crippen molar-refractivity contribution in [1.82, 2.24) is 0 Å². The third-order valence-electron chi connectivity index (χ3n) is 2.26. The second kappa shape index (κ2) is 3.78. The molecule has 0 bridgehead atoms. The average molecular weight is 184 g/mol. The molecule has 72 valence electrons. The molecule has 0 aromatic carbocycles. The maximum absolute atomic E-state index is 13.5. The first kappa shape index (κ1) is 10.0. The lowest BCUT2D eigenvalue weighted by Crippen LogP contribution is -2.32. The van der Waals surface area contributed by atoms with Crippen molar-refractivity contribution in [1.29, 1.82) is 0 Å². The number of carboxylic acid groups (broad SMARTS) is 1. The van der Waals surface area contributed by atoms with Gasteiger partial charge < -0.3 is 5.11 Å². The molecule has 0 heterocycles. The van der Waals surface area contributed by atoms with E-state index in [0.29, 0.717) is 6.42 Å². The Hall–Kier alpha value is -1.04. The molecule has 0 fully saturated rings. The number of aliphatic carboxylic acids is 1. The van der Waals surface area contributed by atoms with Crippen LogP contribution in [0, 0.1) is 17.8 Å². The predicted octanol–water partition coefficient (Wildman–Crippen LogP) is 1.99. The van der Waals surface area contributed by atoms with E-state index in [-0.39, 0.29) is 12.3 Å². The van der Waals surface area contributed by atoms with E-state index < -0.39 is 11.6 Å². The van der Waals surface area contributed by atoms with E-state index in [1.165, 1.54) is 0 Å². The topological polar surface area (TPSA) is 37.3 Å². The number of alkyl halides is 1. The van der Waals surface area contributed by atoms with Crippen molar-refractivity contribution in [2.75, 3.05) is 0 Å². The van der Waals surface area contributed by atoms with Crippen LogP contribution in [0.15, 0.2) is 0 Å². The van der Waals surface area contributed by atoms with Gasteiger partial charge >= 0.3 is 5.97 Å². The summed E-state index contributed by atoms with van der Waals surface area (Å²) in [5.41, 5.74) is -2.31. The molecule has 0 aromatic heterocycles. The van der Waals surface area contributed by atoms with Crippen molar-refractivity contribution in [2.24, 2.45) is 5.92 Å². The van der Waals surface area contributed by atoms with Gasteiger partial charge in [0.25, 0.3) is 5.67 Å². The Morgan fingerprint density at radius 3 is 2.92 bits per heavy atom. The van der Waals surface area contributed by atoms with E-state index in [1.54, 1.807) is 0 Å². The Morgan fingerprint density at radius 1 is 1.62 bits per heavy atom. The highest BCUT2D eigenvalue weighted by molar-refractivity contribution is 5.81. The zero-order valence-electron chi connectivity index (χ0n) is 7.64. The van der Waals surface area contributed by atoms with Gasteiger partial charge in [0.2, 0.25) is 0 Å². The monoisotopic (exact) mass is 184 g/mol. The predicted molar refractivity (Wildman–Crippen MR) is 46.9 cm³/mol. The third kappa shape index (κ3) is 2.45. The molecule has 2 nitrogen and oxygen atoms in total. The summed E-state index contributed by atoms with van der Waals surface area (Å²) in [4.78, 5) is 10.6. The highest BCUT2D eigenvalue weighted by atomic mass is 19.1. The maximum atomic E-state index is 13.5. The summed E-state index contributed by atoms with van der Waals surface area (Å²) in [7, 11) is 0. The fourth-order valence-corrected chi connectivity index (χ4v) is 1.35. The summed E-state index contributed by atoms with van der Waals surface area (Å²) >= 11 is 0. The zero-order valence-corrected chi connectivity index (χ0v) is 7.64. The molecular weight excluding hydrogens is 171 g/mol. The molecule has 3 heteroatoms. The van der Waals surface area contributed by atoms with Gasteiger partial charge in [-0.2, -0.15) is 0 Å². The van der Waals surface area contributed by atoms with Gasteiger partial charge in [-0.25, -0.2) is 9.18 Å². The average Bonchev–Trinajstić information content (AvgIpc) is 2.06. The lowest BCUT2D eigenvalue weighted by atomic mass is 9.92. The molecule has 0 radical (unpaired) electrons. The molecule has 0 aliphatic heterocycles. The van der Waals surface area contributed by atoms with Crippen molar-refractivity contribution >= 4 is 5.97 Å². The molecule has 1 rings (SSSR count). The molecule has 0 spiro atoms. The second-order valence-corrected chi connectivity index (χ2v) is 3.52. The van der Waals surface area contributed by atoms with E-state index in [4.69, 9.17) is 5.11 Å². The minimum atomic E-state index is -2.31. The minimum absolute atomic E-state index is 0.0159. The Morgan fingerprint density at radius 2 is 2.31 bits per heavy atom. The molecular formula is C10H13FO2. The zero-order chi connectivity index (χ0) is 9.90. The summed E-state index contributed by atoms with van der Waals surface area (Å²) < 4.78 is 13.5. The number of carbonyl (C=O) groups is 1. The summed E-state index contributed by atoms with van der Waals surface area (Å²) in [6.45, 7) is 1.89. The molecule has 0 saturated carbocycles. The first-order chi connectivity index (χ1) is 6.04. The van der Waals surface area contributed by atoms with Crippen LogP contribution in [0.25, 0.3) is 0 Å². The maximum Gasteiger partial charge on any atom is 0.354 e.